The fourth-order valence-electron chi connectivity index (χ4n) is 5.13. The van der Waals surface area contributed by atoms with Gasteiger partial charge >= 0.3 is 5.97 Å². The van der Waals surface area contributed by atoms with Crippen molar-refractivity contribution < 1.29 is 9.53 Å². The molecule has 0 spiro atoms. The van der Waals surface area contributed by atoms with Crippen molar-refractivity contribution in [3.8, 4) is 0 Å². The fourth-order valence-corrected chi connectivity index (χ4v) is 5.13. The summed E-state index contributed by atoms with van der Waals surface area (Å²) < 4.78 is 5.00. The number of nitrogens with zero attached hydrogens (tertiary/aromatic N) is 1. The van der Waals surface area contributed by atoms with Crippen molar-refractivity contribution in [2.45, 2.75) is 76.4 Å². The average Bonchev–Trinajstić information content (AvgIpc) is 2.80. The highest BCUT2D eigenvalue weighted by atomic mass is 16.5. The van der Waals surface area contributed by atoms with Gasteiger partial charge < -0.3 is 4.74 Å². The minimum Gasteiger partial charge on any atom is -0.468 e. The second kappa shape index (κ2) is 5.43. The van der Waals surface area contributed by atoms with Crippen LogP contribution in [0.5, 0.6) is 0 Å². The third kappa shape index (κ3) is 2.20. The molecule has 5 unspecified atom stereocenters. The van der Waals surface area contributed by atoms with Gasteiger partial charge in [-0.2, -0.15) is 0 Å². The molecule has 3 nitrogen and oxygen atoms in total. The highest BCUT2D eigenvalue weighted by Crippen LogP contribution is 2.49. The lowest BCUT2D eigenvalue weighted by atomic mass is 9.73. The van der Waals surface area contributed by atoms with E-state index in [1.165, 1.54) is 58.5 Å². The summed E-state index contributed by atoms with van der Waals surface area (Å²) >= 11 is 0. The monoisotopic (exact) mass is 265 g/mol. The summed E-state index contributed by atoms with van der Waals surface area (Å²) in [5.74, 6) is 1.66. The van der Waals surface area contributed by atoms with Crippen LogP contribution in [-0.4, -0.2) is 36.1 Å². The highest BCUT2D eigenvalue weighted by molar-refractivity contribution is 5.75. The van der Waals surface area contributed by atoms with E-state index in [0.717, 1.165) is 11.8 Å². The van der Waals surface area contributed by atoms with Gasteiger partial charge in [-0.1, -0.05) is 25.7 Å². The minimum absolute atomic E-state index is 0.0458. The molecular formula is C16H27NO2. The van der Waals surface area contributed by atoms with Gasteiger partial charge in [0.25, 0.3) is 0 Å². The first-order chi connectivity index (χ1) is 9.24. The minimum atomic E-state index is -0.0521. The van der Waals surface area contributed by atoms with Crippen molar-refractivity contribution in [3.63, 3.8) is 0 Å². The van der Waals surface area contributed by atoms with Crippen LogP contribution in [0.1, 0.15) is 58.3 Å². The van der Waals surface area contributed by atoms with Gasteiger partial charge in [0.2, 0.25) is 0 Å². The molecule has 0 aromatic rings. The van der Waals surface area contributed by atoms with E-state index in [1.54, 1.807) is 0 Å². The molecule has 3 rings (SSSR count). The molecule has 5 atom stereocenters. The molecule has 19 heavy (non-hydrogen) atoms. The summed E-state index contributed by atoms with van der Waals surface area (Å²) in [5, 5.41) is 0. The molecule has 1 aliphatic heterocycles. The van der Waals surface area contributed by atoms with Crippen molar-refractivity contribution in [3.05, 3.63) is 0 Å². The van der Waals surface area contributed by atoms with E-state index < -0.39 is 0 Å². The third-order valence-electron chi connectivity index (χ3n) is 5.87. The molecule has 0 aromatic heterocycles. The van der Waals surface area contributed by atoms with Crippen LogP contribution in [0.3, 0.4) is 0 Å². The lowest BCUT2D eigenvalue weighted by molar-refractivity contribution is -0.148. The zero-order valence-corrected chi connectivity index (χ0v) is 12.3. The van der Waals surface area contributed by atoms with Crippen molar-refractivity contribution in [2.75, 3.05) is 7.11 Å². The molecule has 0 N–H and O–H groups in total. The number of carbonyl (C=O) groups excluding carboxylic acids is 1. The Kier molecular flexibility index (Phi) is 3.84. The van der Waals surface area contributed by atoms with Crippen LogP contribution in [0.25, 0.3) is 0 Å². The van der Waals surface area contributed by atoms with E-state index in [0.29, 0.717) is 12.1 Å². The van der Waals surface area contributed by atoms with Crippen LogP contribution in [-0.2, 0) is 9.53 Å². The van der Waals surface area contributed by atoms with Crippen molar-refractivity contribution in [1.29, 1.82) is 0 Å². The first-order valence-electron chi connectivity index (χ1n) is 8.09. The SMILES string of the molecule is COC(=O)C(C)N1C2CCCCC2C2CCCCC21. The Labute approximate surface area is 116 Å². The maximum Gasteiger partial charge on any atom is 0.322 e. The number of esters is 1. The Morgan fingerprint density at radius 2 is 1.47 bits per heavy atom. The molecule has 0 amide bonds. The van der Waals surface area contributed by atoms with E-state index in [1.807, 2.05) is 0 Å². The molecule has 0 radical (unpaired) electrons. The molecule has 0 aromatic carbocycles. The lowest BCUT2D eigenvalue weighted by Gasteiger charge is -2.37. The normalized spacial score (nSPS) is 40.3. The van der Waals surface area contributed by atoms with E-state index in [4.69, 9.17) is 4.74 Å². The molecule has 2 aliphatic carbocycles. The summed E-state index contributed by atoms with van der Waals surface area (Å²) in [5.41, 5.74) is 0. The molecule has 2 saturated carbocycles. The quantitative estimate of drug-likeness (QED) is 0.719. The zero-order valence-electron chi connectivity index (χ0n) is 12.3. The van der Waals surface area contributed by atoms with Crippen LogP contribution in [0.2, 0.25) is 0 Å². The first-order valence-corrected chi connectivity index (χ1v) is 8.09. The van der Waals surface area contributed by atoms with Gasteiger partial charge in [-0.05, 0) is 44.4 Å². The number of ether oxygens (including phenoxy) is 1. The molecule has 1 saturated heterocycles. The summed E-state index contributed by atoms with van der Waals surface area (Å²) in [4.78, 5) is 14.5. The maximum absolute atomic E-state index is 12.0. The second-order valence-corrected chi connectivity index (χ2v) is 6.68. The molecule has 0 bridgehead atoms. The Morgan fingerprint density at radius 3 is 1.95 bits per heavy atom. The number of methoxy groups -OCH3 is 1. The van der Waals surface area contributed by atoms with Gasteiger partial charge in [0, 0.05) is 12.1 Å². The van der Waals surface area contributed by atoms with Gasteiger partial charge in [-0.25, -0.2) is 0 Å². The maximum atomic E-state index is 12.0. The summed E-state index contributed by atoms with van der Waals surface area (Å²) in [6, 6.07) is 1.25. The Morgan fingerprint density at radius 1 is 1.00 bits per heavy atom. The molecule has 3 aliphatic rings. The second-order valence-electron chi connectivity index (χ2n) is 6.68. The summed E-state index contributed by atoms with van der Waals surface area (Å²) in [6.45, 7) is 2.05. The van der Waals surface area contributed by atoms with Crippen molar-refractivity contribution in [1.82, 2.24) is 4.90 Å². The highest BCUT2D eigenvalue weighted by Gasteiger charge is 2.52. The van der Waals surface area contributed by atoms with Crippen LogP contribution < -0.4 is 0 Å². The van der Waals surface area contributed by atoms with E-state index in [9.17, 15) is 4.79 Å². The average molecular weight is 265 g/mol. The number of fused-ring (bicyclic) bond motifs is 3. The molecular weight excluding hydrogens is 238 g/mol. The summed E-state index contributed by atoms with van der Waals surface area (Å²) in [7, 11) is 1.52. The number of hydrogen-bond donors (Lipinski definition) is 0. The van der Waals surface area contributed by atoms with E-state index in [-0.39, 0.29) is 12.0 Å². The summed E-state index contributed by atoms with van der Waals surface area (Å²) in [6.07, 6.45) is 10.8. The molecule has 108 valence electrons. The van der Waals surface area contributed by atoms with E-state index >= 15 is 0 Å². The van der Waals surface area contributed by atoms with Crippen LogP contribution >= 0.6 is 0 Å². The number of hydrogen-bond acceptors (Lipinski definition) is 3. The van der Waals surface area contributed by atoms with Gasteiger partial charge in [-0.3, -0.25) is 9.69 Å². The lowest BCUT2D eigenvalue weighted by Crippen LogP contribution is -2.49. The number of carbonyl (C=O) groups is 1. The predicted molar refractivity (Wildman–Crippen MR) is 74.8 cm³/mol. The van der Waals surface area contributed by atoms with Gasteiger partial charge in [-0.15, -0.1) is 0 Å². The standard InChI is InChI=1S/C16H27NO2/c1-11(16(18)19-2)17-14-9-5-3-7-12(14)13-8-4-6-10-15(13)17/h11-15H,3-10H2,1-2H3. The van der Waals surface area contributed by atoms with Crippen LogP contribution in [0.15, 0.2) is 0 Å². The molecule has 1 heterocycles. The Hall–Kier alpha value is -0.570. The third-order valence-corrected chi connectivity index (χ3v) is 5.87. The van der Waals surface area contributed by atoms with Gasteiger partial charge in [0.05, 0.1) is 7.11 Å². The predicted octanol–water partition coefficient (Wildman–Crippen LogP) is 2.98. The zero-order chi connectivity index (χ0) is 13.4. The van der Waals surface area contributed by atoms with Crippen LogP contribution in [0.4, 0.5) is 0 Å². The van der Waals surface area contributed by atoms with Crippen molar-refractivity contribution >= 4 is 5.97 Å². The van der Waals surface area contributed by atoms with Gasteiger partial charge in [0.1, 0.15) is 6.04 Å². The number of likely N-dealkylation sites (tertiary alicyclic amines) is 1. The largest absolute Gasteiger partial charge is 0.468 e. The van der Waals surface area contributed by atoms with E-state index in [2.05, 4.69) is 11.8 Å². The number of rotatable bonds is 2. The van der Waals surface area contributed by atoms with Crippen molar-refractivity contribution in [2.24, 2.45) is 11.8 Å². The smallest absolute Gasteiger partial charge is 0.322 e. The van der Waals surface area contributed by atoms with Gasteiger partial charge in [0.15, 0.2) is 0 Å². The Bertz CT molecular complexity index is 322. The fraction of sp³-hybridized carbons (Fsp3) is 0.938. The topological polar surface area (TPSA) is 29.5 Å². The van der Waals surface area contributed by atoms with Crippen LogP contribution in [0, 0.1) is 11.8 Å². The molecule has 3 fully saturated rings. The molecule has 3 heteroatoms. The Balaban J connectivity index is 1.85. The first kappa shape index (κ1) is 13.4.